The summed E-state index contributed by atoms with van der Waals surface area (Å²) in [6.07, 6.45) is 13.1. The van der Waals surface area contributed by atoms with Crippen molar-refractivity contribution in [3.63, 3.8) is 0 Å². The van der Waals surface area contributed by atoms with Gasteiger partial charge in [-0.15, -0.1) is 0 Å². The highest BCUT2D eigenvalue weighted by atomic mass is 16.6. The third-order valence-electron chi connectivity index (χ3n) is 11.8. The molecule has 3 saturated carbocycles. The number of nitrogens with zero attached hydrogens (tertiary/aromatic N) is 1. The normalized spacial score (nSPS) is 33.1. The van der Waals surface area contributed by atoms with Crippen molar-refractivity contribution in [1.82, 2.24) is 10.3 Å². The zero-order valence-electron chi connectivity index (χ0n) is 25.9. The summed E-state index contributed by atoms with van der Waals surface area (Å²) in [4.78, 5) is 46.4. The number of H-pyrrole nitrogens is 1. The Morgan fingerprint density at radius 2 is 1.88 bits per heavy atom. The lowest BCUT2D eigenvalue weighted by atomic mass is 9.46. The number of carbonyl (C=O) groups is 3. The number of hydrogen-bond acceptors (Lipinski definition) is 6. The Labute approximate surface area is 254 Å². The predicted octanol–water partition coefficient (Wildman–Crippen LogP) is 5.91. The third kappa shape index (κ3) is 5.31. The number of amides is 1. The van der Waals surface area contributed by atoms with Crippen LogP contribution >= 0.6 is 0 Å². The molecule has 0 bridgehead atoms. The highest BCUT2D eigenvalue weighted by molar-refractivity contribution is 5.96. The average molecular weight is 588 g/mol. The van der Waals surface area contributed by atoms with Crippen LogP contribution in [0, 0.1) is 34.5 Å². The maximum absolute atomic E-state index is 12.8. The molecule has 1 heterocycles. The Balaban J connectivity index is 1.07. The number of para-hydroxylation sites is 1. The van der Waals surface area contributed by atoms with E-state index < -0.39 is 17.9 Å². The van der Waals surface area contributed by atoms with Crippen LogP contribution in [-0.2, 0) is 30.4 Å². The Morgan fingerprint density at radius 1 is 1.07 bits per heavy atom. The minimum Gasteiger partial charge on any atom is -0.467 e. The standard InChI is InChI=1S/C35H45N3O5/c1-21(39)27-11-12-28-26-10-9-23-18-24(13-15-34(23,2)29(26)14-16-35(27,28)3)38-43-20-32(40)37-31(33(41)42-4)17-22-19-36-30-8-6-5-7-25(22)30/h5-8,18-19,26-29,31,36H,9-17,20H2,1-4H3,(H,37,40)/b38-24-/t26-,27-,28+,29-,31+,34+,35-/m1/s1. The van der Waals surface area contributed by atoms with Gasteiger partial charge in [0.05, 0.1) is 12.8 Å². The van der Waals surface area contributed by atoms with Crippen molar-refractivity contribution in [3.05, 3.63) is 47.7 Å². The van der Waals surface area contributed by atoms with Crippen LogP contribution in [0.25, 0.3) is 10.9 Å². The molecule has 230 valence electrons. The monoisotopic (exact) mass is 587 g/mol. The molecule has 0 spiro atoms. The fraction of sp³-hybridized carbons (Fsp3) is 0.600. The molecular formula is C35H45N3O5. The summed E-state index contributed by atoms with van der Waals surface area (Å²) in [7, 11) is 1.32. The van der Waals surface area contributed by atoms with Gasteiger partial charge in [-0.1, -0.05) is 42.8 Å². The van der Waals surface area contributed by atoms with Gasteiger partial charge in [0.1, 0.15) is 11.8 Å². The summed E-state index contributed by atoms with van der Waals surface area (Å²) in [6.45, 7) is 6.37. The number of esters is 1. The summed E-state index contributed by atoms with van der Waals surface area (Å²) in [6, 6.07) is 7.01. The fourth-order valence-corrected chi connectivity index (χ4v) is 9.58. The number of Topliss-reactive ketones (excluding diaryl/α,β-unsaturated/α-hetero) is 1. The molecule has 0 radical (unpaired) electrons. The molecule has 0 aliphatic heterocycles. The van der Waals surface area contributed by atoms with E-state index in [1.165, 1.54) is 31.9 Å². The summed E-state index contributed by atoms with van der Waals surface area (Å²) in [5.41, 5.74) is 4.56. The third-order valence-corrected chi connectivity index (χ3v) is 11.8. The first-order chi connectivity index (χ1) is 20.6. The van der Waals surface area contributed by atoms with E-state index in [0.717, 1.165) is 54.3 Å². The molecule has 1 amide bonds. The number of methoxy groups -OCH3 is 1. The second-order valence-electron chi connectivity index (χ2n) is 13.9. The van der Waals surface area contributed by atoms with Crippen molar-refractivity contribution >= 4 is 34.3 Å². The zero-order valence-corrected chi connectivity index (χ0v) is 25.9. The van der Waals surface area contributed by atoms with Crippen LogP contribution in [0.4, 0.5) is 0 Å². The minimum absolute atomic E-state index is 0.158. The number of oxime groups is 1. The smallest absolute Gasteiger partial charge is 0.328 e. The zero-order chi connectivity index (χ0) is 30.4. The van der Waals surface area contributed by atoms with E-state index in [2.05, 4.69) is 35.4 Å². The van der Waals surface area contributed by atoms with Crippen molar-refractivity contribution in [2.45, 2.75) is 84.6 Å². The highest BCUT2D eigenvalue weighted by Crippen LogP contribution is 2.66. The lowest BCUT2D eigenvalue weighted by molar-refractivity contribution is -0.145. The molecule has 6 rings (SSSR count). The second-order valence-corrected chi connectivity index (χ2v) is 13.9. The minimum atomic E-state index is -0.830. The lowest BCUT2D eigenvalue weighted by Gasteiger charge is -2.58. The Hall–Kier alpha value is -3.42. The van der Waals surface area contributed by atoms with Gasteiger partial charge in [0.2, 0.25) is 0 Å². The van der Waals surface area contributed by atoms with Crippen molar-refractivity contribution in [2.75, 3.05) is 13.7 Å². The van der Waals surface area contributed by atoms with Crippen LogP contribution in [0.1, 0.15) is 77.7 Å². The highest BCUT2D eigenvalue weighted by Gasteiger charge is 2.59. The fourth-order valence-electron chi connectivity index (χ4n) is 9.58. The molecule has 2 N–H and O–H groups in total. The summed E-state index contributed by atoms with van der Waals surface area (Å²) in [5, 5.41) is 8.12. The van der Waals surface area contributed by atoms with Crippen molar-refractivity contribution in [2.24, 2.45) is 39.7 Å². The van der Waals surface area contributed by atoms with Crippen LogP contribution in [-0.4, -0.2) is 48.1 Å². The summed E-state index contributed by atoms with van der Waals surface area (Å²) >= 11 is 0. The first-order valence-electron chi connectivity index (χ1n) is 16.0. The van der Waals surface area contributed by atoms with Gasteiger partial charge < -0.3 is 19.9 Å². The van der Waals surface area contributed by atoms with Crippen molar-refractivity contribution in [1.29, 1.82) is 0 Å². The quantitative estimate of drug-likeness (QED) is 0.295. The van der Waals surface area contributed by atoms with Gasteiger partial charge in [0, 0.05) is 29.4 Å². The lowest BCUT2D eigenvalue weighted by Crippen LogP contribution is -2.51. The van der Waals surface area contributed by atoms with E-state index in [0.29, 0.717) is 30.0 Å². The molecule has 8 heteroatoms. The summed E-state index contributed by atoms with van der Waals surface area (Å²) in [5.74, 6) is 1.69. The first-order valence-corrected chi connectivity index (χ1v) is 16.0. The van der Waals surface area contributed by atoms with E-state index in [4.69, 9.17) is 9.57 Å². The molecule has 7 atom stereocenters. The average Bonchev–Trinajstić information content (AvgIpc) is 3.57. The van der Waals surface area contributed by atoms with Crippen LogP contribution in [0.5, 0.6) is 0 Å². The van der Waals surface area contributed by atoms with Crippen LogP contribution in [0.2, 0.25) is 0 Å². The number of benzene rings is 1. The van der Waals surface area contributed by atoms with E-state index in [1.807, 2.05) is 30.5 Å². The van der Waals surface area contributed by atoms with Crippen LogP contribution in [0.3, 0.4) is 0 Å². The number of hydrogen-bond donors (Lipinski definition) is 2. The summed E-state index contributed by atoms with van der Waals surface area (Å²) < 4.78 is 4.96. The molecule has 4 aliphatic rings. The Kier molecular flexibility index (Phi) is 7.99. The number of ether oxygens (including phenoxy) is 1. The molecule has 2 aromatic rings. The number of allylic oxidation sites excluding steroid dienone is 2. The van der Waals surface area contributed by atoms with E-state index >= 15 is 0 Å². The number of rotatable bonds is 8. The molecule has 4 aliphatic carbocycles. The van der Waals surface area contributed by atoms with Gasteiger partial charge in [-0.3, -0.25) is 9.59 Å². The molecule has 0 saturated heterocycles. The number of carbonyl (C=O) groups excluding carboxylic acids is 3. The van der Waals surface area contributed by atoms with Gasteiger partial charge >= 0.3 is 5.97 Å². The molecule has 0 unspecified atom stereocenters. The first kappa shape index (κ1) is 29.6. The van der Waals surface area contributed by atoms with Crippen LogP contribution < -0.4 is 5.32 Å². The molecule has 1 aromatic carbocycles. The van der Waals surface area contributed by atoms with Gasteiger partial charge in [0.15, 0.2) is 6.61 Å². The number of aromatic nitrogens is 1. The number of ketones is 1. The van der Waals surface area contributed by atoms with Gasteiger partial charge in [0.25, 0.3) is 5.91 Å². The van der Waals surface area contributed by atoms with Crippen LogP contribution in [0.15, 0.2) is 47.3 Å². The maximum atomic E-state index is 12.8. The van der Waals surface area contributed by atoms with Gasteiger partial charge in [-0.2, -0.15) is 0 Å². The predicted molar refractivity (Wildman–Crippen MR) is 165 cm³/mol. The number of fused-ring (bicyclic) bond motifs is 6. The molecule has 43 heavy (non-hydrogen) atoms. The molecule has 1 aromatic heterocycles. The van der Waals surface area contributed by atoms with Crippen molar-refractivity contribution in [3.8, 4) is 0 Å². The molecular weight excluding hydrogens is 542 g/mol. The maximum Gasteiger partial charge on any atom is 0.328 e. The molecule has 3 fully saturated rings. The van der Waals surface area contributed by atoms with E-state index in [9.17, 15) is 14.4 Å². The number of nitrogens with one attached hydrogen (secondary N) is 2. The van der Waals surface area contributed by atoms with Gasteiger partial charge in [-0.25, -0.2) is 4.79 Å². The van der Waals surface area contributed by atoms with Crippen molar-refractivity contribution < 1.29 is 24.0 Å². The topological polar surface area (TPSA) is 110 Å². The Bertz CT molecular complexity index is 1470. The van der Waals surface area contributed by atoms with E-state index in [1.54, 1.807) is 6.92 Å². The van der Waals surface area contributed by atoms with Gasteiger partial charge in [-0.05, 0) is 105 Å². The molecule has 8 nitrogen and oxygen atoms in total. The Morgan fingerprint density at radius 3 is 2.67 bits per heavy atom. The number of aromatic amines is 1. The second kappa shape index (κ2) is 11.6. The van der Waals surface area contributed by atoms with E-state index in [-0.39, 0.29) is 23.4 Å². The SMILES string of the molecule is COC(=O)[C@H](Cc1c[nH]c2ccccc12)NC(=O)CO/N=C1\C=C2CC[C@H]3[C@@H](CC[C@]4(C)[C@@H](C(C)=O)CC[C@@H]34)[C@@]2(C)CC1. The largest absolute Gasteiger partial charge is 0.467 e.